The van der Waals surface area contributed by atoms with E-state index in [1.165, 1.54) is 0 Å². The van der Waals surface area contributed by atoms with E-state index in [1.807, 2.05) is 0 Å². The van der Waals surface area contributed by atoms with Crippen LogP contribution >= 0.6 is 23.2 Å². The third-order valence-corrected chi connectivity index (χ3v) is 3.82. The van der Waals surface area contributed by atoms with Gasteiger partial charge in [-0.25, -0.2) is 0 Å². The number of rotatable bonds is 5. The summed E-state index contributed by atoms with van der Waals surface area (Å²) >= 11 is 11.7. The number of carbonyl (C=O) groups is 1. The van der Waals surface area contributed by atoms with Gasteiger partial charge >= 0.3 is 0 Å². The highest BCUT2D eigenvalue weighted by Crippen LogP contribution is 2.27. The second-order valence-corrected chi connectivity index (χ2v) is 5.67. The molecule has 0 aliphatic carbocycles. The highest BCUT2D eigenvalue weighted by molar-refractivity contribution is 6.42. The molecule has 4 nitrogen and oxygen atoms in total. The van der Waals surface area contributed by atoms with Crippen LogP contribution in [-0.2, 0) is 11.2 Å². The molecule has 0 fully saturated rings. The van der Waals surface area contributed by atoms with Gasteiger partial charge in [-0.1, -0.05) is 35.3 Å². The van der Waals surface area contributed by atoms with Gasteiger partial charge in [-0.15, -0.1) is 0 Å². The molecule has 23 heavy (non-hydrogen) atoms. The van der Waals surface area contributed by atoms with E-state index in [0.717, 1.165) is 5.56 Å². The Morgan fingerprint density at radius 1 is 1.22 bits per heavy atom. The third kappa shape index (κ3) is 4.88. The standard InChI is InChI=1S/C17H14Cl2N2O2/c1-11(23-14-6-7-15(18)16(19)10-14)17(22)21-13-4-2-12(3-5-13)8-9-20/h2-7,10-11H,8H2,1H3,(H,21,22). The zero-order chi connectivity index (χ0) is 16.8. The van der Waals surface area contributed by atoms with Crippen molar-refractivity contribution in [2.75, 3.05) is 5.32 Å². The molecule has 0 saturated heterocycles. The lowest BCUT2D eigenvalue weighted by Gasteiger charge is -2.15. The number of ether oxygens (including phenoxy) is 1. The molecule has 1 atom stereocenters. The van der Waals surface area contributed by atoms with Gasteiger partial charge in [0.1, 0.15) is 5.75 Å². The van der Waals surface area contributed by atoms with E-state index in [9.17, 15) is 4.79 Å². The Bertz CT molecular complexity index is 739. The average molecular weight is 349 g/mol. The van der Waals surface area contributed by atoms with Crippen molar-refractivity contribution in [3.05, 3.63) is 58.1 Å². The predicted molar refractivity (Wildman–Crippen MR) is 90.9 cm³/mol. The molecule has 0 radical (unpaired) electrons. The van der Waals surface area contributed by atoms with Crippen molar-refractivity contribution in [1.82, 2.24) is 0 Å². The Labute approximate surface area is 144 Å². The first-order valence-electron chi connectivity index (χ1n) is 6.88. The second-order valence-electron chi connectivity index (χ2n) is 4.86. The fourth-order valence-corrected chi connectivity index (χ4v) is 2.14. The summed E-state index contributed by atoms with van der Waals surface area (Å²) < 4.78 is 5.55. The quantitative estimate of drug-likeness (QED) is 0.867. The Morgan fingerprint density at radius 2 is 1.91 bits per heavy atom. The Morgan fingerprint density at radius 3 is 2.52 bits per heavy atom. The molecular weight excluding hydrogens is 335 g/mol. The van der Waals surface area contributed by atoms with Gasteiger partial charge in [0.2, 0.25) is 0 Å². The fourth-order valence-electron chi connectivity index (χ4n) is 1.85. The van der Waals surface area contributed by atoms with Crippen LogP contribution in [0.5, 0.6) is 5.75 Å². The number of hydrogen-bond donors (Lipinski definition) is 1. The minimum Gasteiger partial charge on any atom is -0.481 e. The van der Waals surface area contributed by atoms with Crippen molar-refractivity contribution in [3.8, 4) is 11.8 Å². The minimum atomic E-state index is -0.703. The van der Waals surface area contributed by atoms with Gasteiger partial charge in [-0.05, 0) is 36.8 Å². The van der Waals surface area contributed by atoms with Gasteiger partial charge in [0.15, 0.2) is 6.10 Å². The van der Waals surface area contributed by atoms with E-state index < -0.39 is 6.10 Å². The molecule has 0 heterocycles. The van der Waals surface area contributed by atoms with Crippen LogP contribution in [0.1, 0.15) is 12.5 Å². The fraction of sp³-hybridized carbons (Fsp3) is 0.176. The van der Waals surface area contributed by atoms with E-state index in [1.54, 1.807) is 49.4 Å². The number of carbonyl (C=O) groups excluding carboxylic acids is 1. The molecule has 2 aromatic carbocycles. The Hall–Kier alpha value is -2.22. The van der Waals surface area contributed by atoms with Crippen molar-refractivity contribution >= 4 is 34.8 Å². The van der Waals surface area contributed by atoms with Gasteiger partial charge in [0.25, 0.3) is 5.91 Å². The SMILES string of the molecule is CC(Oc1ccc(Cl)c(Cl)c1)C(=O)Nc1ccc(CC#N)cc1. The van der Waals surface area contributed by atoms with Gasteiger partial charge in [-0.3, -0.25) is 4.79 Å². The lowest BCUT2D eigenvalue weighted by molar-refractivity contribution is -0.122. The number of halogens is 2. The van der Waals surface area contributed by atoms with Crippen LogP contribution in [0.2, 0.25) is 10.0 Å². The minimum absolute atomic E-state index is 0.288. The molecule has 118 valence electrons. The van der Waals surface area contributed by atoms with Gasteiger partial charge in [-0.2, -0.15) is 5.26 Å². The number of anilines is 1. The van der Waals surface area contributed by atoms with Crippen molar-refractivity contribution in [1.29, 1.82) is 5.26 Å². The maximum atomic E-state index is 12.1. The van der Waals surface area contributed by atoms with Crippen molar-refractivity contribution in [2.24, 2.45) is 0 Å². The summed E-state index contributed by atoms with van der Waals surface area (Å²) in [7, 11) is 0. The molecule has 1 unspecified atom stereocenters. The molecule has 0 saturated carbocycles. The lowest BCUT2D eigenvalue weighted by atomic mass is 10.1. The first-order chi connectivity index (χ1) is 11.0. The Kier molecular flexibility index (Phi) is 5.86. The lowest BCUT2D eigenvalue weighted by Crippen LogP contribution is -2.30. The first kappa shape index (κ1) is 17.1. The monoisotopic (exact) mass is 348 g/mol. The molecule has 1 N–H and O–H groups in total. The molecule has 2 aromatic rings. The Balaban J connectivity index is 1.96. The molecule has 6 heteroatoms. The number of nitrogens with zero attached hydrogens (tertiary/aromatic N) is 1. The topological polar surface area (TPSA) is 62.1 Å². The molecule has 0 spiro atoms. The number of amides is 1. The van der Waals surface area contributed by atoms with E-state index >= 15 is 0 Å². The van der Waals surface area contributed by atoms with Crippen LogP contribution in [0, 0.1) is 11.3 Å². The average Bonchev–Trinajstić information content (AvgIpc) is 2.53. The maximum absolute atomic E-state index is 12.1. The summed E-state index contributed by atoms with van der Waals surface area (Å²) in [6.45, 7) is 1.64. The molecule has 0 bridgehead atoms. The molecule has 1 amide bonds. The third-order valence-electron chi connectivity index (χ3n) is 3.08. The van der Waals surface area contributed by atoms with E-state index in [2.05, 4.69) is 11.4 Å². The van der Waals surface area contributed by atoms with E-state index in [0.29, 0.717) is 27.9 Å². The number of benzene rings is 2. The summed E-state index contributed by atoms with van der Waals surface area (Å²) in [6, 6.07) is 14.0. The summed E-state index contributed by atoms with van der Waals surface area (Å²) in [6.07, 6.45) is -0.364. The summed E-state index contributed by atoms with van der Waals surface area (Å²) in [5, 5.41) is 12.2. The van der Waals surface area contributed by atoms with Gasteiger partial charge < -0.3 is 10.1 Å². The second kappa shape index (κ2) is 7.87. The van der Waals surface area contributed by atoms with Crippen molar-refractivity contribution in [3.63, 3.8) is 0 Å². The summed E-state index contributed by atoms with van der Waals surface area (Å²) in [5.41, 5.74) is 1.53. The number of nitrogens with one attached hydrogen (secondary N) is 1. The highest BCUT2D eigenvalue weighted by atomic mass is 35.5. The van der Waals surface area contributed by atoms with Gasteiger partial charge in [0, 0.05) is 11.8 Å². The zero-order valence-electron chi connectivity index (χ0n) is 12.3. The molecular formula is C17H14Cl2N2O2. The normalized spacial score (nSPS) is 11.4. The number of hydrogen-bond acceptors (Lipinski definition) is 3. The molecule has 2 rings (SSSR count). The van der Waals surface area contributed by atoms with Crippen LogP contribution in [-0.4, -0.2) is 12.0 Å². The van der Waals surface area contributed by atoms with Crippen LogP contribution < -0.4 is 10.1 Å². The van der Waals surface area contributed by atoms with Crippen LogP contribution in [0.3, 0.4) is 0 Å². The largest absolute Gasteiger partial charge is 0.481 e. The van der Waals surface area contributed by atoms with Crippen LogP contribution in [0.4, 0.5) is 5.69 Å². The van der Waals surface area contributed by atoms with Crippen molar-refractivity contribution < 1.29 is 9.53 Å². The number of nitriles is 1. The van der Waals surface area contributed by atoms with Crippen molar-refractivity contribution in [2.45, 2.75) is 19.4 Å². The maximum Gasteiger partial charge on any atom is 0.265 e. The smallest absolute Gasteiger partial charge is 0.265 e. The summed E-state index contributed by atoms with van der Waals surface area (Å²) in [5.74, 6) is 0.176. The van der Waals surface area contributed by atoms with Crippen LogP contribution in [0.25, 0.3) is 0 Å². The van der Waals surface area contributed by atoms with Crippen LogP contribution in [0.15, 0.2) is 42.5 Å². The van der Waals surface area contributed by atoms with E-state index in [-0.39, 0.29) is 5.91 Å². The molecule has 0 aliphatic heterocycles. The summed E-state index contributed by atoms with van der Waals surface area (Å²) in [4.78, 5) is 12.1. The van der Waals surface area contributed by atoms with Gasteiger partial charge in [0.05, 0.1) is 22.5 Å². The molecule has 0 aromatic heterocycles. The van der Waals surface area contributed by atoms with E-state index in [4.69, 9.17) is 33.2 Å². The predicted octanol–water partition coefficient (Wildman–Crippen LogP) is 4.47. The molecule has 0 aliphatic rings. The zero-order valence-corrected chi connectivity index (χ0v) is 13.9. The highest BCUT2D eigenvalue weighted by Gasteiger charge is 2.15. The first-order valence-corrected chi connectivity index (χ1v) is 7.63.